The van der Waals surface area contributed by atoms with Crippen molar-refractivity contribution in [1.29, 1.82) is 0 Å². The first-order valence-electron chi connectivity index (χ1n) is 6.24. The van der Waals surface area contributed by atoms with Gasteiger partial charge >= 0.3 is 0 Å². The van der Waals surface area contributed by atoms with Crippen molar-refractivity contribution in [2.75, 3.05) is 20.1 Å². The van der Waals surface area contributed by atoms with E-state index in [0.717, 1.165) is 12.2 Å². The van der Waals surface area contributed by atoms with Gasteiger partial charge in [0.1, 0.15) is 6.04 Å². The number of hydrogen-bond acceptors (Lipinski definition) is 4. The number of piperazine rings is 1. The summed E-state index contributed by atoms with van der Waals surface area (Å²) in [6.45, 7) is 3.83. The van der Waals surface area contributed by atoms with Crippen LogP contribution in [0.4, 0.5) is 0 Å². The third-order valence-electron chi connectivity index (χ3n) is 3.47. The molecular formula is C13H20N4O. The van der Waals surface area contributed by atoms with Crippen LogP contribution < -0.4 is 5.73 Å². The highest BCUT2D eigenvalue weighted by atomic mass is 16.2. The standard InChI is InChI=1S/C13H20N4O/c1-10-8-16(2)12(7-14)13(18)17(10)9-11-5-3-4-6-15-11/h3-6,10,12H,7-9,14H2,1-2H3. The zero-order valence-corrected chi connectivity index (χ0v) is 10.9. The number of nitrogens with zero attached hydrogens (tertiary/aromatic N) is 3. The number of hydrogen-bond donors (Lipinski definition) is 1. The van der Waals surface area contributed by atoms with Crippen molar-refractivity contribution in [1.82, 2.24) is 14.8 Å². The molecule has 1 saturated heterocycles. The van der Waals surface area contributed by atoms with Crippen LogP contribution in [0.1, 0.15) is 12.6 Å². The first kappa shape index (κ1) is 13.0. The van der Waals surface area contributed by atoms with E-state index in [0.29, 0.717) is 13.1 Å². The summed E-state index contributed by atoms with van der Waals surface area (Å²) < 4.78 is 0. The Morgan fingerprint density at radius 2 is 2.28 bits per heavy atom. The van der Waals surface area contributed by atoms with Crippen molar-refractivity contribution >= 4 is 5.91 Å². The van der Waals surface area contributed by atoms with Crippen molar-refractivity contribution in [2.45, 2.75) is 25.6 Å². The van der Waals surface area contributed by atoms with Gasteiger partial charge in [-0.15, -0.1) is 0 Å². The number of carbonyl (C=O) groups excluding carboxylic acids is 1. The molecule has 5 heteroatoms. The summed E-state index contributed by atoms with van der Waals surface area (Å²) in [5.74, 6) is 0.101. The van der Waals surface area contributed by atoms with Crippen LogP contribution in [0.15, 0.2) is 24.4 Å². The lowest BCUT2D eigenvalue weighted by Gasteiger charge is -2.42. The Labute approximate surface area is 108 Å². The molecule has 18 heavy (non-hydrogen) atoms. The molecule has 0 spiro atoms. The van der Waals surface area contributed by atoms with Crippen LogP contribution >= 0.6 is 0 Å². The average molecular weight is 248 g/mol. The Balaban J connectivity index is 2.13. The Kier molecular flexibility index (Phi) is 3.93. The predicted molar refractivity (Wildman–Crippen MR) is 69.7 cm³/mol. The smallest absolute Gasteiger partial charge is 0.241 e. The number of amides is 1. The first-order chi connectivity index (χ1) is 8.63. The van der Waals surface area contributed by atoms with Gasteiger partial charge < -0.3 is 10.6 Å². The first-order valence-corrected chi connectivity index (χ1v) is 6.24. The van der Waals surface area contributed by atoms with Crippen molar-refractivity contribution in [3.05, 3.63) is 30.1 Å². The fourth-order valence-corrected chi connectivity index (χ4v) is 2.42. The molecule has 2 N–H and O–H groups in total. The summed E-state index contributed by atoms with van der Waals surface area (Å²) in [7, 11) is 1.95. The molecule has 0 saturated carbocycles. The summed E-state index contributed by atoms with van der Waals surface area (Å²) in [5.41, 5.74) is 6.60. The Morgan fingerprint density at radius 1 is 1.50 bits per heavy atom. The van der Waals surface area contributed by atoms with E-state index in [-0.39, 0.29) is 18.0 Å². The van der Waals surface area contributed by atoms with E-state index in [1.54, 1.807) is 6.20 Å². The number of nitrogens with two attached hydrogens (primary N) is 1. The zero-order valence-electron chi connectivity index (χ0n) is 10.9. The van der Waals surface area contributed by atoms with Gasteiger partial charge in [0.2, 0.25) is 5.91 Å². The quantitative estimate of drug-likeness (QED) is 0.822. The third kappa shape index (κ3) is 2.52. The second kappa shape index (κ2) is 5.46. The van der Waals surface area contributed by atoms with Gasteiger partial charge in [0.05, 0.1) is 12.2 Å². The SMILES string of the molecule is CC1CN(C)C(CN)C(=O)N1Cc1ccccn1. The highest BCUT2D eigenvalue weighted by molar-refractivity contribution is 5.83. The molecule has 1 fully saturated rings. The molecule has 1 aliphatic heterocycles. The summed E-state index contributed by atoms with van der Waals surface area (Å²) in [6, 6.07) is 5.74. The second-order valence-corrected chi connectivity index (χ2v) is 4.83. The monoisotopic (exact) mass is 248 g/mol. The lowest BCUT2D eigenvalue weighted by atomic mass is 10.1. The van der Waals surface area contributed by atoms with Crippen molar-refractivity contribution < 1.29 is 4.79 Å². The van der Waals surface area contributed by atoms with E-state index in [9.17, 15) is 4.79 Å². The van der Waals surface area contributed by atoms with E-state index in [2.05, 4.69) is 11.9 Å². The second-order valence-electron chi connectivity index (χ2n) is 4.83. The van der Waals surface area contributed by atoms with Gasteiger partial charge in [-0.1, -0.05) is 6.07 Å². The average Bonchev–Trinajstić information content (AvgIpc) is 2.36. The molecular weight excluding hydrogens is 228 g/mol. The van der Waals surface area contributed by atoms with E-state index >= 15 is 0 Å². The minimum Gasteiger partial charge on any atom is -0.331 e. The highest BCUT2D eigenvalue weighted by Gasteiger charge is 2.35. The summed E-state index contributed by atoms with van der Waals surface area (Å²) in [6.07, 6.45) is 1.75. The minimum atomic E-state index is -0.204. The number of aromatic nitrogens is 1. The summed E-state index contributed by atoms with van der Waals surface area (Å²) >= 11 is 0. The Morgan fingerprint density at radius 3 is 2.89 bits per heavy atom. The zero-order chi connectivity index (χ0) is 13.1. The molecule has 1 amide bonds. The normalized spacial score (nSPS) is 25.5. The largest absolute Gasteiger partial charge is 0.331 e. The third-order valence-corrected chi connectivity index (χ3v) is 3.47. The summed E-state index contributed by atoms with van der Waals surface area (Å²) in [4.78, 5) is 20.5. The number of rotatable bonds is 3. The maximum absolute atomic E-state index is 12.4. The van der Waals surface area contributed by atoms with Crippen LogP contribution in [0.25, 0.3) is 0 Å². The van der Waals surface area contributed by atoms with Crippen LogP contribution in [-0.2, 0) is 11.3 Å². The van der Waals surface area contributed by atoms with Gasteiger partial charge in [-0.05, 0) is 26.1 Å². The van der Waals surface area contributed by atoms with E-state index in [4.69, 9.17) is 5.73 Å². The summed E-state index contributed by atoms with van der Waals surface area (Å²) in [5, 5.41) is 0. The minimum absolute atomic E-state index is 0.101. The van der Waals surface area contributed by atoms with E-state index in [1.165, 1.54) is 0 Å². The molecule has 0 bridgehead atoms. The fraction of sp³-hybridized carbons (Fsp3) is 0.538. The van der Waals surface area contributed by atoms with Crippen LogP contribution in [0.3, 0.4) is 0 Å². The van der Waals surface area contributed by atoms with Crippen LogP contribution in [0, 0.1) is 0 Å². The topological polar surface area (TPSA) is 62.5 Å². The van der Waals surface area contributed by atoms with Gasteiger partial charge in [-0.2, -0.15) is 0 Å². The number of pyridine rings is 1. The molecule has 2 atom stereocenters. The van der Waals surface area contributed by atoms with Gasteiger partial charge in [0.25, 0.3) is 0 Å². The van der Waals surface area contributed by atoms with Crippen molar-refractivity contribution in [2.24, 2.45) is 5.73 Å². The van der Waals surface area contributed by atoms with Crippen LogP contribution in [0.5, 0.6) is 0 Å². The molecule has 1 aromatic rings. The van der Waals surface area contributed by atoms with Crippen LogP contribution in [-0.4, -0.2) is 52.9 Å². The van der Waals surface area contributed by atoms with Crippen molar-refractivity contribution in [3.8, 4) is 0 Å². The van der Waals surface area contributed by atoms with Gasteiger partial charge in [0, 0.05) is 25.3 Å². The van der Waals surface area contributed by atoms with Crippen molar-refractivity contribution in [3.63, 3.8) is 0 Å². The Bertz CT molecular complexity index is 409. The fourth-order valence-electron chi connectivity index (χ4n) is 2.42. The maximum atomic E-state index is 12.4. The molecule has 0 aromatic carbocycles. The molecule has 1 aliphatic rings. The number of carbonyl (C=O) groups is 1. The molecule has 5 nitrogen and oxygen atoms in total. The highest BCUT2D eigenvalue weighted by Crippen LogP contribution is 2.17. The lowest BCUT2D eigenvalue weighted by molar-refractivity contribution is -0.144. The molecule has 0 aliphatic carbocycles. The molecule has 0 radical (unpaired) electrons. The number of likely N-dealkylation sites (N-methyl/N-ethyl adjacent to an activating group) is 1. The van der Waals surface area contributed by atoms with Gasteiger partial charge in [-0.25, -0.2) is 0 Å². The maximum Gasteiger partial charge on any atom is 0.241 e. The lowest BCUT2D eigenvalue weighted by Crippen LogP contribution is -2.61. The predicted octanol–water partition coefficient (Wildman–Crippen LogP) is 0.0714. The van der Waals surface area contributed by atoms with E-state index < -0.39 is 0 Å². The molecule has 2 heterocycles. The molecule has 98 valence electrons. The van der Waals surface area contributed by atoms with Crippen LogP contribution in [0.2, 0.25) is 0 Å². The molecule has 1 aromatic heterocycles. The molecule has 2 unspecified atom stereocenters. The Hall–Kier alpha value is -1.46. The van der Waals surface area contributed by atoms with Gasteiger partial charge in [0.15, 0.2) is 0 Å². The van der Waals surface area contributed by atoms with Gasteiger partial charge in [-0.3, -0.25) is 14.7 Å². The van der Waals surface area contributed by atoms with E-state index in [1.807, 2.05) is 35.0 Å². The molecule has 2 rings (SSSR count).